The average molecular weight is 417 g/mol. The van der Waals surface area contributed by atoms with E-state index >= 15 is 0 Å². The van der Waals surface area contributed by atoms with Crippen molar-refractivity contribution in [2.45, 2.75) is 19.4 Å². The predicted molar refractivity (Wildman–Crippen MR) is 114 cm³/mol. The third-order valence-corrected chi connectivity index (χ3v) is 4.54. The fraction of sp³-hybridized carbons (Fsp3) is 0.316. The van der Waals surface area contributed by atoms with E-state index in [-0.39, 0.29) is 36.6 Å². The summed E-state index contributed by atoms with van der Waals surface area (Å²) in [5.41, 5.74) is 2.79. The van der Waals surface area contributed by atoms with Crippen molar-refractivity contribution >= 4 is 53.7 Å². The van der Waals surface area contributed by atoms with Crippen molar-refractivity contribution < 1.29 is 4.79 Å². The summed E-state index contributed by atoms with van der Waals surface area (Å²) < 4.78 is 0. The smallest absolute Gasteiger partial charge is 0.228 e. The van der Waals surface area contributed by atoms with Gasteiger partial charge in [0.15, 0.2) is 0 Å². The number of carbonyl (C=O) groups excluding carboxylic acids is 1. The molecule has 7 heteroatoms. The van der Waals surface area contributed by atoms with Gasteiger partial charge in [-0.1, -0.05) is 41.9 Å². The van der Waals surface area contributed by atoms with Crippen LogP contribution in [0.5, 0.6) is 0 Å². The summed E-state index contributed by atoms with van der Waals surface area (Å²) in [5.74, 6) is 0.0941. The third kappa shape index (κ3) is 6.36. The molecule has 0 aromatic heterocycles. The molecule has 1 aliphatic heterocycles. The average Bonchev–Trinajstić information content (AvgIpc) is 2.62. The molecular weight excluding hydrogens is 393 g/mol. The molecule has 142 valence electrons. The molecule has 1 aliphatic rings. The van der Waals surface area contributed by atoms with Crippen LogP contribution in [0.2, 0.25) is 5.02 Å². The van der Waals surface area contributed by atoms with Gasteiger partial charge >= 0.3 is 0 Å². The largest absolute Gasteiger partial charge is 0.380 e. The van der Waals surface area contributed by atoms with Crippen LogP contribution in [0.4, 0.5) is 11.4 Å². The van der Waals surface area contributed by atoms with Gasteiger partial charge in [-0.15, -0.1) is 24.8 Å². The number of piperidine rings is 1. The summed E-state index contributed by atoms with van der Waals surface area (Å²) in [5, 5.41) is 10.1. The van der Waals surface area contributed by atoms with Crippen LogP contribution in [0.3, 0.4) is 0 Å². The minimum atomic E-state index is 0. The van der Waals surface area contributed by atoms with Gasteiger partial charge < -0.3 is 16.0 Å². The molecule has 0 radical (unpaired) electrons. The standard InChI is InChI=1S/C19H22ClN3O.2ClH/c20-17-11-16(23-19(24)15-7-4-10-21-13-15)8-9-18(17)22-12-14-5-2-1-3-6-14;;/h1-3,5-6,8-9,11,15,21-22H,4,7,10,12-13H2,(H,23,24);2*1H. The molecule has 0 aliphatic carbocycles. The Balaban J connectivity index is 0.00000169. The molecule has 0 spiro atoms. The Hall–Kier alpha value is -1.46. The minimum Gasteiger partial charge on any atom is -0.380 e. The number of amides is 1. The Labute approximate surface area is 171 Å². The van der Waals surface area contributed by atoms with Crippen LogP contribution in [0.1, 0.15) is 18.4 Å². The molecule has 26 heavy (non-hydrogen) atoms. The van der Waals surface area contributed by atoms with E-state index in [1.54, 1.807) is 6.07 Å². The molecule has 1 atom stereocenters. The molecular formula is C19H24Cl3N3O. The van der Waals surface area contributed by atoms with Crippen molar-refractivity contribution in [1.29, 1.82) is 0 Å². The van der Waals surface area contributed by atoms with E-state index in [1.807, 2.05) is 30.3 Å². The van der Waals surface area contributed by atoms with E-state index in [2.05, 4.69) is 28.1 Å². The first-order chi connectivity index (χ1) is 11.7. The van der Waals surface area contributed by atoms with E-state index in [0.29, 0.717) is 11.6 Å². The zero-order chi connectivity index (χ0) is 16.8. The molecule has 0 bridgehead atoms. The van der Waals surface area contributed by atoms with Crippen LogP contribution in [-0.2, 0) is 11.3 Å². The summed E-state index contributed by atoms with van der Waals surface area (Å²) in [4.78, 5) is 12.3. The third-order valence-electron chi connectivity index (χ3n) is 4.23. The number of hydrogen-bond acceptors (Lipinski definition) is 3. The van der Waals surface area contributed by atoms with E-state index in [0.717, 1.165) is 37.3 Å². The van der Waals surface area contributed by atoms with Crippen molar-refractivity contribution in [2.24, 2.45) is 5.92 Å². The van der Waals surface area contributed by atoms with Gasteiger partial charge in [0.25, 0.3) is 0 Å². The number of rotatable bonds is 5. The fourth-order valence-electron chi connectivity index (χ4n) is 2.85. The maximum Gasteiger partial charge on any atom is 0.228 e. The molecule has 4 nitrogen and oxygen atoms in total. The second-order valence-corrected chi connectivity index (χ2v) is 6.47. The summed E-state index contributed by atoms with van der Waals surface area (Å²) >= 11 is 6.34. The van der Waals surface area contributed by atoms with Gasteiger partial charge in [0.05, 0.1) is 16.6 Å². The van der Waals surface area contributed by atoms with E-state index in [1.165, 1.54) is 5.56 Å². The highest BCUT2D eigenvalue weighted by atomic mass is 35.5. The SMILES string of the molecule is Cl.Cl.O=C(Nc1ccc(NCc2ccccc2)c(Cl)c1)C1CCCNC1. The summed E-state index contributed by atoms with van der Waals surface area (Å²) in [6.45, 7) is 2.45. The van der Waals surface area contributed by atoms with E-state index < -0.39 is 0 Å². The highest BCUT2D eigenvalue weighted by Gasteiger charge is 2.20. The Morgan fingerprint density at radius 2 is 1.92 bits per heavy atom. The highest BCUT2D eigenvalue weighted by Crippen LogP contribution is 2.26. The quantitative estimate of drug-likeness (QED) is 0.660. The molecule has 3 rings (SSSR count). The minimum absolute atomic E-state index is 0. The van der Waals surface area contributed by atoms with Gasteiger partial charge in [-0.25, -0.2) is 0 Å². The topological polar surface area (TPSA) is 53.2 Å². The zero-order valence-electron chi connectivity index (χ0n) is 14.3. The van der Waals surface area contributed by atoms with Crippen LogP contribution in [0, 0.1) is 5.92 Å². The lowest BCUT2D eigenvalue weighted by Gasteiger charge is -2.22. The second kappa shape index (κ2) is 11.3. The van der Waals surface area contributed by atoms with Crippen molar-refractivity contribution in [3.05, 3.63) is 59.1 Å². The first-order valence-electron chi connectivity index (χ1n) is 8.31. The molecule has 1 fully saturated rings. The fourth-order valence-corrected chi connectivity index (χ4v) is 3.10. The molecule has 1 heterocycles. The first-order valence-corrected chi connectivity index (χ1v) is 8.69. The van der Waals surface area contributed by atoms with Gasteiger partial charge in [0.1, 0.15) is 0 Å². The predicted octanol–water partition coefficient (Wildman–Crippen LogP) is 4.73. The summed E-state index contributed by atoms with van der Waals surface area (Å²) in [6.07, 6.45) is 1.98. The van der Waals surface area contributed by atoms with Crippen LogP contribution < -0.4 is 16.0 Å². The molecule has 0 saturated carbocycles. The van der Waals surface area contributed by atoms with E-state index in [4.69, 9.17) is 11.6 Å². The first kappa shape index (κ1) is 22.6. The lowest BCUT2D eigenvalue weighted by molar-refractivity contribution is -0.120. The number of nitrogens with one attached hydrogen (secondary N) is 3. The number of anilines is 2. The number of benzene rings is 2. The Kier molecular flexibility index (Phi) is 9.81. The Morgan fingerprint density at radius 3 is 2.58 bits per heavy atom. The van der Waals surface area contributed by atoms with Crippen LogP contribution in [-0.4, -0.2) is 19.0 Å². The molecule has 3 N–H and O–H groups in total. The van der Waals surface area contributed by atoms with Gasteiger partial charge in [-0.3, -0.25) is 4.79 Å². The number of carbonyl (C=O) groups is 1. The zero-order valence-corrected chi connectivity index (χ0v) is 16.7. The maximum atomic E-state index is 12.3. The Bertz CT molecular complexity index is 692. The number of halogens is 3. The van der Waals surface area contributed by atoms with Crippen LogP contribution in [0.15, 0.2) is 48.5 Å². The normalized spacial score (nSPS) is 16.0. The van der Waals surface area contributed by atoms with Crippen LogP contribution in [0.25, 0.3) is 0 Å². The lowest BCUT2D eigenvalue weighted by Crippen LogP contribution is -2.37. The molecule has 2 aromatic carbocycles. The monoisotopic (exact) mass is 415 g/mol. The van der Waals surface area contributed by atoms with Crippen molar-refractivity contribution in [3.8, 4) is 0 Å². The molecule has 1 amide bonds. The lowest BCUT2D eigenvalue weighted by atomic mass is 9.99. The molecule has 1 saturated heterocycles. The van der Waals surface area contributed by atoms with Gasteiger partial charge in [0.2, 0.25) is 5.91 Å². The highest BCUT2D eigenvalue weighted by molar-refractivity contribution is 6.33. The van der Waals surface area contributed by atoms with Crippen molar-refractivity contribution in [3.63, 3.8) is 0 Å². The Morgan fingerprint density at radius 1 is 1.15 bits per heavy atom. The summed E-state index contributed by atoms with van der Waals surface area (Å²) in [7, 11) is 0. The maximum absolute atomic E-state index is 12.3. The molecule has 1 unspecified atom stereocenters. The van der Waals surface area contributed by atoms with Crippen molar-refractivity contribution in [1.82, 2.24) is 5.32 Å². The van der Waals surface area contributed by atoms with Crippen LogP contribution >= 0.6 is 36.4 Å². The van der Waals surface area contributed by atoms with Gasteiger partial charge in [-0.05, 0) is 43.1 Å². The van der Waals surface area contributed by atoms with Gasteiger partial charge in [0, 0.05) is 18.8 Å². The van der Waals surface area contributed by atoms with Crippen molar-refractivity contribution in [2.75, 3.05) is 23.7 Å². The second-order valence-electron chi connectivity index (χ2n) is 6.07. The van der Waals surface area contributed by atoms with E-state index in [9.17, 15) is 4.79 Å². The van der Waals surface area contributed by atoms with Gasteiger partial charge in [-0.2, -0.15) is 0 Å². The molecule has 2 aromatic rings. The summed E-state index contributed by atoms with van der Waals surface area (Å²) in [6, 6.07) is 15.7. The number of hydrogen-bond donors (Lipinski definition) is 3.